The lowest BCUT2D eigenvalue weighted by Crippen LogP contribution is -2.57. The highest BCUT2D eigenvalue weighted by Crippen LogP contribution is 2.31. The number of benzene rings is 2. The molecule has 2 heterocycles. The number of aromatic nitrogens is 2. The SMILES string of the molecule is CC(C)(Oc1ccc(Cl)cc1)C(=O)N1CC(c2nc(-c3cccc(Cl)c3)no2)C1. The smallest absolute Gasteiger partial charge is 0.266 e. The first-order valence-corrected chi connectivity index (χ1v) is 9.91. The normalized spacial score (nSPS) is 14.6. The molecule has 0 spiro atoms. The molecule has 0 N–H and O–H groups in total. The molecule has 1 aliphatic heterocycles. The number of carbonyl (C=O) groups excluding carboxylic acids is 1. The van der Waals surface area contributed by atoms with Crippen molar-refractivity contribution in [2.24, 2.45) is 0 Å². The van der Waals surface area contributed by atoms with Gasteiger partial charge in [-0.3, -0.25) is 4.79 Å². The number of hydrogen-bond acceptors (Lipinski definition) is 5. The summed E-state index contributed by atoms with van der Waals surface area (Å²) >= 11 is 11.9. The van der Waals surface area contributed by atoms with Gasteiger partial charge in [0.1, 0.15) is 5.75 Å². The van der Waals surface area contributed by atoms with Crippen molar-refractivity contribution >= 4 is 29.1 Å². The van der Waals surface area contributed by atoms with E-state index in [0.717, 1.165) is 5.56 Å². The molecular weight excluding hydrogens is 413 g/mol. The van der Waals surface area contributed by atoms with E-state index in [9.17, 15) is 4.79 Å². The fourth-order valence-electron chi connectivity index (χ4n) is 3.17. The largest absolute Gasteiger partial charge is 0.478 e. The summed E-state index contributed by atoms with van der Waals surface area (Å²) in [5, 5.41) is 5.25. The molecule has 2 aromatic carbocycles. The van der Waals surface area contributed by atoms with Gasteiger partial charge in [-0.15, -0.1) is 0 Å². The van der Waals surface area contributed by atoms with Gasteiger partial charge in [0, 0.05) is 28.7 Å². The van der Waals surface area contributed by atoms with E-state index in [0.29, 0.717) is 40.6 Å². The highest BCUT2D eigenvalue weighted by molar-refractivity contribution is 6.31. The third kappa shape index (κ3) is 4.23. The van der Waals surface area contributed by atoms with Gasteiger partial charge in [-0.2, -0.15) is 4.98 Å². The predicted molar refractivity (Wildman–Crippen MR) is 110 cm³/mol. The summed E-state index contributed by atoms with van der Waals surface area (Å²) in [6.07, 6.45) is 0. The van der Waals surface area contributed by atoms with Gasteiger partial charge in [0.25, 0.3) is 5.91 Å². The topological polar surface area (TPSA) is 68.5 Å². The molecule has 3 aromatic rings. The predicted octanol–water partition coefficient (Wildman–Crippen LogP) is 4.83. The lowest BCUT2D eigenvalue weighted by molar-refractivity contribution is -0.150. The maximum atomic E-state index is 12.9. The van der Waals surface area contributed by atoms with Crippen LogP contribution in [0.3, 0.4) is 0 Å². The maximum absolute atomic E-state index is 12.9. The van der Waals surface area contributed by atoms with Crippen LogP contribution in [0.1, 0.15) is 25.7 Å². The highest BCUT2D eigenvalue weighted by Gasteiger charge is 2.42. The molecule has 4 rings (SSSR count). The average Bonchev–Trinajstić information content (AvgIpc) is 3.12. The Bertz CT molecular complexity index is 1030. The molecule has 0 bridgehead atoms. The van der Waals surface area contributed by atoms with Gasteiger partial charge >= 0.3 is 0 Å². The lowest BCUT2D eigenvalue weighted by atomic mass is 9.96. The summed E-state index contributed by atoms with van der Waals surface area (Å²) in [6, 6.07) is 14.2. The number of likely N-dealkylation sites (tertiary alicyclic amines) is 1. The number of carbonyl (C=O) groups is 1. The third-order valence-electron chi connectivity index (χ3n) is 4.74. The van der Waals surface area contributed by atoms with Crippen LogP contribution in [0.25, 0.3) is 11.4 Å². The molecule has 8 heteroatoms. The van der Waals surface area contributed by atoms with Gasteiger partial charge in [-0.05, 0) is 50.2 Å². The first-order valence-electron chi connectivity index (χ1n) is 9.15. The van der Waals surface area contributed by atoms with Crippen LogP contribution in [0, 0.1) is 0 Å². The van der Waals surface area contributed by atoms with Gasteiger partial charge in [-0.25, -0.2) is 0 Å². The molecule has 0 radical (unpaired) electrons. The Morgan fingerprint density at radius 1 is 1.14 bits per heavy atom. The van der Waals surface area contributed by atoms with E-state index in [1.54, 1.807) is 55.1 Å². The Hall–Kier alpha value is -2.57. The van der Waals surface area contributed by atoms with E-state index >= 15 is 0 Å². The first kappa shape index (κ1) is 19.7. The molecule has 1 aliphatic rings. The molecule has 6 nitrogen and oxygen atoms in total. The molecule has 1 fully saturated rings. The molecule has 1 amide bonds. The van der Waals surface area contributed by atoms with E-state index in [-0.39, 0.29) is 11.8 Å². The molecule has 0 atom stereocenters. The molecule has 0 aliphatic carbocycles. The summed E-state index contributed by atoms with van der Waals surface area (Å²) in [5.41, 5.74) is -0.211. The summed E-state index contributed by atoms with van der Waals surface area (Å²) in [4.78, 5) is 19.0. The van der Waals surface area contributed by atoms with Gasteiger partial charge in [0.05, 0.1) is 5.92 Å². The fraction of sp³-hybridized carbons (Fsp3) is 0.286. The van der Waals surface area contributed by atoms with Crippen LogP contribution in [0.4, 0.5) is 0 Å². The third-order valence-corrected chi connectivity index (χ3v) is 5.23. The minimum Gasteiger partial charge on any atom is -0.478 e. The van der Waals surface area contributed by atoms with E-state index in [1.807, 2.05) is 12.1 Å². The second-order valence-corrected chi connectivity index (χ2v) is 8.31. The van der Waals surface area contributed by atoms with Crippen LogP contribution in [-0.4, -0.2) is 39.6 Å². The zero-order chi connectivity index (χ0) is 20.6. The minimum atomic E-state index is -1.00. The zero-order valence-electron chi connectivity index (χ0n) is 15.9. The Labute approximate surface area is 178 Å². The molecule has 150 valence electrons. The molecule has 0 saturated carbocycles. The van der Waals surface area contributed by atoms with Crippen molar-refractivity contribution in [2.75, 3.05) is 13.1 Å². The molecule has 0 unspecified atom stereocenters. The fourth-order valence-corrected chi connectivity index (χ4v) is 3.48. The van der Waals surface area contributed by atoms with Crippen molar-refractivity contribution in [3.8, 4) is 17.1 Å². The van der Waals surface area contributed by atoms with Gasteiger partial charge < -0.3 is 14.2 Å². The molecule has 1 saturated heterocycles. The van der Waals surface area contributed by atoms with Crippen molar-refractivity contribution in [3.05, 3.63) is 64.5 Å². The van der Waals surface area contributed by atoms with Crippen molar-refractivity contribution in [3.63, 3.8) is 0 Å². The van der Waals surface area contributed by atoms with Crippen molar-refractivity contribution < 1.29 is 14.1 Å². The highest BCUT2D eigenvalue weighted by atomic mass is 35.5. The number of rotatable bonds is 5. The maximum Gasteiger partial charge on any atom is 0.266 e. The first-order chi connectivity index (χ1) is 13.8. The number of hydrogen-bond donors (Lipinski definition) is 0. The molecule has 29 heavy (non-hydrogen) atoms. The van der Waals surface area contributed by atoms with Gasteiger partial charge in [0.15, 0.2) is 5.60 Å². The van der Waals surface area contributed by atoms with Crippen molar-refractivity contribution in [1.82, 2.24) is 15.0 Å². The van der Waals surface area contributed by atoms with Crippen LogP contribution in [0.5, 0.6) is 5.75 Å². The quantitative estimate of drug-likeness (QED) is 0.578. The number of ether oxygens (including phenoxy) is 1. The summed E-state index contributed by atoms with van der Waals surface area (Å²) < 4.78 is 11.3. The number of halogens is 2. The second-order valence-electron chi connectivity index (χ2n) is 7.44. The van der Waals surface area contributed by atoms with Crippen LogP contribution >= 0.6 is 23.2 Å². The number of amides is 1. The minimum absolute atomic E-state index is 0.00529. The Kier molecular flexibility index (Phi) is 5.23. The Balaban J connectivity index is 1.38. The van der Waals surface area contributed by atoms with Crippen LogP contribution < -0.4 is 4.74 Å². The summed E-state index contributed by atoms with van der Waals surface area (Å²) in [7, 11) is 0. The Morgan fingerprint density at radius 3 is 2.55 bits per heavy atom. The van der Waals surface area contributed by atoms with E-state index in [1.165, 1.54) is 0 Å². The van der Waals surface area contributed by atoms with E-state index in [2.05, 4.69) is 10.1 Å². The van der Waals surface area contributed by atoms with Crippen molar-refractivity contribution in [1.29, 1.82) is 0 Å². The van der Waals surface area contributed by atoms with Crippen molar-refractivity contribution in [2.45, 2.75) is 25.4 Å². The van der Waals surface area contributed by atoms with Crippen LogP contribution in [0.2, 0.25) is 10.0 Å². The van der Waals surface area contributed by atoms with Crippen LogP contribution in [-0.2, 0) is 4.79 Å². The summed E-state index contributed by atoms with van der Waals surface area (Å²) in [6.45, 7) is 4.51. The number of nitrogens with zero attached hydrogens (tertiary/aromatic N) is 3. The van der Waals surface area contributed by atoms with Gasteiger partial charge in [0.2, 0.25) is 11.7 Å². The summed E-state index contributed by atoms with van der Waals surface area (Å²) in [5.74, 6) is 1.50. The second kappa shape index (κ2) is 7.69. The van der Waals surface area contributed by atoms with Gasteiger partial charge in [-0.1, -0.05) is 40.5 Å². The van der Waals surface area contributed by atoms with Crippen LogP contribution in [0.15, 0.2) is 53.1 Å². The Morgan fingerprint density at radius 2 is 1.86 bits per heavy atom. The standard InChI is InChI=1S/C21H19Cl2N3O3/c1-21(2,28-17-8-6-15(22)7-9-17)20(27)26-11-14(12-26)19-24-18(25-29-19)13-4-3-5-16(23)10-13/h3-10,14H,11-12H2,1-2H3. The van der Waals surface area contributed by atoms with E-state index < -0.39 is 5.60 Å². The zero-order valence-corrected chi connectivity index (χ0v) is 17.4. The molecular formula is C21H19Cl2N3O3. The molecule has 1 aromatic heterocycles. The van der Waals surface area contributed by atoms with E-state index in [4.69, 9.17) is 32.5 Å². The lowest BCUT2D eigenvalue weighted by Gasteiger charge is -2.41. The average molecular weight is 432 g/mol. The monoisotopic (exact) mass is 431 g/mol.